The topological polar surface area (TPSA) is 54.4 Å². The van der Waals surface area contributed by atoms with Crippen LogP contribution in [0.2, 0.25) is 0 Å². The Bertz CT molecular complexity index is 1240. The molecule has 2 N–H and O–H groups in total. The van der Waals surface area contributed by atoms with Crippen molar-refractivity contribution in [2.45, 2.75) is 18.5 Å². The molecule has 1 aliphatic heterocycles. The Morgan fingerprint density at radius 3 is 2.51 bits per heavy atom. The third-order valence-electron chi connectivity index (χ3n) is 6.31. The fourth-order valence-corrected chi connectivity index (χ4v) is 4.95. The van der Waals surface area contributed by atoms with E-state index in [0.717, 1.165) is 53.1 Å². The summed E-state index contributed by atoms with van der Waals surface area (Å²) in [4.78, 5) is 6.97. The maximum Gasteiger partial charge on any atom is 0.170 e. The zero-order valence-corrected chi connectivity index (χ0v) is 20.5. The smallest absolute Gasteiger partial charge is 0.170 e. The largest absolute Gasteiger partial charge is 0.497 e. The number of hydrogen-bond donors (Lipinski definition) is 2. The molecule has 0 radical (unpaired) electrons. The van der Waals surface area contributed by atoms with Crippen LogP contribution in [0.5, 0.6) is 5.75 Å². The van der Waals surface area contributed by atoms with Gasteiger partial charge in [0.15, 0.2) is 5.11 Å². The van der Waals surface area contributed by atoms with Gasteiger partial charge in [-0.1, -0.05) is 24.3 Å². The Balaban J connectivity index is 1.42. The first-order chi connectivity index (χ1) is 17.2. The summed E-state index contributed by atoms with van der Waals surface area (Å²) in [5, 5.41) is 7.82. The van der Waals surface area contributed by atoms with Crippen LogP contribution in [0, 0.1) is 0 Å². The van der Waals surface area contributed by atoms with Crippen LogP contribution in [0.3, 0.4) is 0 Å². The fraction of sp³-hybridized carbons (Fsp3) is 0.214. The summed E-state index contributed by atoms with van der Waals surface area (Å²) >= 11 is 5.85. The van der Waals surface area contributed by atoms with Gasteiger partial charge >= 0.3 is 0 Å². The van der Waals surface area contributed by atoms with Gasteiger partial charge in [-0.25, -0.2) is 0 Å². The van der Waals surface area contributed by atoms with E-state index in [1.165, 1.54) is 0 Å². The second-order valence-corrected chi connectivity index (χ2v) is 8.85. The molecule has 2 aromatic heterocycles. The van der Waals surface area contributed by atoms with Gasteiger partial charge in [-0.15, -0.1) is 0 Å². The van der Waals surface area contributed by atoms with Gasteiger partial charge < -0.3 is 24.8 Å². The summed E-state index contributed by atoms with van der Waals surface area (Å²) in [6.07, 6.45) is 4.89. The van der Waals surface area contributed by atoms with E-state index in [-0.39, 0.29) is 12.1 Å². The molecule has 3 heterocycles. The highest BCUT2D eigenvalue weighted by Gasteiger charge is 2.40. The first-order valence-corrected chi connectivity index (χ1v) is 12.2. The first-order valence-electron chi connectivity index (χ1n) is 11.8. The highest BCUT2D eigenvalue weighted by Crippen LogP contribution is 2.39. The summed E-state index contributed by atoms with van der Waals surface area (Å²) < 4.78 is 7.58. The zero-order chi connectivity index (χ0) is 24.0. The van der Waals surface area contributed by atoms with Crippen LogP contribution >= 0.6 is 12.2 Å². The Kier molecular flexibility index (Phi) is 6.95. The number of pyridine rings is 1. The molecule has 0 aliphatic carbocycles. The fourth-order valence-electron chi connectivity index (χ4n) is 4.62. The number of nitrogens with zero attached hydrogens (tertiary/aromatic N) is 3. The molecule has 0 spiro atoms. The van der Waals surface area contributed by atoms with Crippen molar-refractivity contribution in [3.8, 4) is 11.4 Å². The number of hydrogen-bond acceptors (Lipinski definition) is 4. The summed E-state index contributed by atoms with van der Waals surface area (Å²) in [6, 6.07) is 28.7. The highest BCUT2D eigenvalue weighted by molar-refractivity contribution is 7.80. The van der Waals surface area contributed by atoms with Crippen molar-refractivity contribution in [3.05, 3.63) is 109 Å². The van der Waals surface area contributed by atoms with E-state index in [2.05, 4.69) is 73.7 Å². The molecule has 178 valence electrons. The molecule has 2 atom stereocenters. The molecule has 2 unspecified atom stereocenters. The number of benzene rings is 2. The van der Waals surface area contributed by atoms with Gasteiger partial charge in [0.05, 0.1) is 24.9 Å². The normalized spacial score (nSPS) is 17.3. The van der Waals surface area contributed by atoms with Gasteiger partial charge in [0, 0.05) is 42.6 Å². The van der Waals surface area contributed by atoms with Crippen molar-refractivity contribution in [2.75, 3.05) is 25.5 Å². The van der Waals surface area contributed by atoms with Crippen LogP contribution in [0.25, 0.3) is 5.69 Å². The molecule has 7 heteroatoms. The molecule has 0 saturated carbocycles. The number of rotatable bonds is 9. The van der Waals surface area contributed by atoms with Crippen LogP contribution < -0.4 is 15.4 Å². The number of aromatic nitrogens is 2. The van der Waals surface area contributed by atoms with Crippen molar-refractivity contribution in [3.63, 3.8) is 0 Å². The van der Waals surface area contributed by atoms with Crippen molar-refractivity contribution >= 4 is 23.0 Å². The monoisotopic (exact) mass is 483 g/mol. The number of anilines is 1. The molecule has 6 nitrogen and oxygen atoms in total. The second kappa shape index (κ2) is 10.6. The van der Waals surface area contributed by atoms with Gasteiger partial charge in [-0.05, 0) is 79.3 Å². The minimum absolute atomic E-state index is 0.00577. The van der Waals surface area contributed by atoms with Gasteiger partial charge in [-0.2, -0.15) is 0 Å². The van der Waals surface area contributed by atoms with Crippen LogP contribution in [0.15, 0.2) is 97.3 Å². The predicted molar refractivity (Wildman–Crippen MR) is 144 cm³/mol. The SMILES string of the molecule is COc1ccc(-n2cccc2C2C(c3ccccn3)NC(=S)N2CCCNc2ccccc2)cc1. The van der Waals surface area contributed by atoms with E-state index in [4.69, 9.17) is 17.0 Å². The maximum absolute atomic E-state index is 5.85. The van der Waals surface area contributed by atoms with E-state index < -0.39 is 0 Å². The number of methoxy groups -OCH3 is 1. The van der Waals surface area contributed by atoms with E-state index in [9.17, 15) is 0 Å². The third kappa shape index (κ3) is 5.00. The van der Waals surface area contributed by atoms with Crippen molar-refractivity contribution < 1.29 is 4.74 Å². The number of thiocarbonyl (C=S) groups is 1. The van der Waals surface area contributed by atoms with Crippen LogP contribution in [-0.2, 0) is 0 Å². The van der Waals surface area contributed by atoms with Crippen molar-refractivity contribution in [1.29, 1.82) is 0 Å². The molecular weight excluding hydrogens is 454 g/mol. The van der Waals surface area contributed by atoms with E-state index in [1.807, 2.05) is 48.7 Å². The van der Waals surface area contributed by atoms with Crippen molar-refractivity contribution in [2.24, 2.45) is 0 Å². The quantitative estimate of drug-likeness (QED) is 0.247. The third-order valence-corrected chi connectivity index (χ3v) is 6.66. The lowest BCUT2D eigenvalue weighted by Gasteiger charge is -2.29. The van der Waals surface area contributed by atoms with E-state index >= 15 is 0 Å². The minimum Gasteiger partial charge on any atom is -0.497 e. The first kappa shape index (κ1) is 22.9. The molecule has 0 bridgehead atoms. The molecule has 2 aromatic carbocycles. The summed E-state index contributed by atoms with van der Waals surface area (Å²) in [6.45, 7) is 1.69. The van der Waals surface area contributed by atoms with Crippen LogP contribution in [-0.4, -0.2) is 39.8 Å². The summed E-state index contributed by atoms with van der Waals surface area (Å²) in [5.74, 6) is 0.838. The van der Waals surface area contributed by atoms with Gasteiger partial charge in [0.25, 0.3) is 0 Å². The minimum atomic E-state index is -0.0438. The molecule has 1 fully saturated rings. The van der Waals surface area contributed by atoms with E-state index in [1.54, 1.807) is 7.11 Å². The molecule has 35 heavy (non-hydrogen) atoms. The molecule has 4 aromatic rings. The molecule has 1 saturated heterocycles. The number of ether oxygens (including phenoxy) is 1. The van der Waals surface area contributed by atoms with Crippen LogP contribution in [0.1, 0.15) is 29.9 Å². The summed E-state index contributed by atoms with van der Waals surface area (Å²) in [5.41, 5.74) is 4.35. The van der Waals surface area contributed by atoms with Gasteiger partial charge in [0.1, 0.15) is 5.75 Å². The zero-order valence-electron chi connectivity index (χ0n) is 19.7. The Hall–Kier alpha value is -3.84. The second-order valence-electron chi connectivity index (χ2n) is 8.47. The lowest BCUT2D eigenvalue weighted by molar-refractivity contribution is 0.307. The Labute approximate surface area is 211 Å². The maximum atomic E-state index is 5.85. The molecular formula is C28H29N5OS. The average molecular weight is 484 g/mol. The predicted octanol–water partition coefficient (Wildman–Crippen LogP) is 5.36. The van der Waals surface area contributed by atoms with Crippen molar-refractivity contribution in [1.82, 2.24) is 19.8 Å². The Morgan fingerprint density at radius 1 is 0.971 bits per heavy atom. The van der Waals surface area contributed by atoms with Gasteiger partial charge in [-0.3, -0.25) is 4.98 Å². The molecule has 5 rings (SSSR count). The average Bonchev–Trinajstić information content (AvgIpc) is 3.52. The van der Waals surface area contributed by atoms with Crippen LogP contribution in [0.4, 0.5) is 5.69 Å². The van der Waals surface area contributed by atoms with Gasteiger partial charge in [0.2, 0.25) is 0 Å². The highest BCUT2D eigenvalue weighted by atomic mass is 32.1. The lowest BCUT2D eigenvalue weighted by atomic mass is 10.0. The Morgan fingerprint density at radius 2 is 1.77 bits per heavy atom. The molecule has 1 aliphatic rings. The van der Waals surface area contributed by atoms with E-state index in [0.29, 0.717) is 0 Å². The summed E-state index contributed by atoms with van der Waals surface area (Å²) in [7, 11) is 1.68. The molecule has 0 amide bonds. The lowest BCUT2D eigenvalue weighted by Crippen LogP contribution is -2.32. The number of para-hydroxylation sites is 1. The standard InChI is InChI=1S/C28H29N5OS/c1-34-23-15-13-22(14-16-23)32-19-7-12-25(32)27-26(24-11-5-6-17-30-24)31-28(35)33(27)20-8-18-29-21-9-3-2-4-10-21/h2-7,9-17,19,26-27,29H,8,18,20H2,1H3,(H,31,35). The number of nitrogens with one attached hydrogen (secondary N) is 2.